The molecular formula is C13H14FNO2. The molecule has 0 spiro atoms. The monoisotopic (exact) mass is 235 g/mol. The molecule has 0 amide bonds. The number of hydrogen-bond acceptors (Lipinski definition) is 2. The Balaban J connectivity index is 2.73. The summed E-state index contributed by atoms with van der Waals surface area (Å²) in [6.45, 7) is 5.55. The van der Waals surface area contributed by atoms with E-state index in [0.29, 0.717) is 5.56 Å². The van der Waals surface area contributed by atoms with Crippen molar-refractivity contribution in [2.24, 2.45) is 0 Å². The predicted octanol–water partition coefficient (Wildman–Crippen LogP) is 3.00. The average molecular weight is 235 g/mol. The van der Waals surface area contributed by atoms with Crippen molar-refractivity contribution >= 4 is 0 Å². The molecule has 0 saturated carbocycles. The average Bonchev–Trinajstić information content (AvgIpc) is 2.57. The zero-order valence-electron chi connectivity index (χ0n) is 10.0. The van der Waals surface area contributed by atoms with E-state index in [9.17, 15) is 9.18 Å². The van der Waals surface area contributed by atoms with Crippen LogP contribution >= 0.6 is 0 Å². The Morgan fingerprint density at radius 3 is 2.29 bits per heavy atom. The lowest BCUT2D eigenvalue weighted by Gasteiger charge is -2.20. The third kappa shape index (κ3) is 2.02. The second-order valence-corrected chi connectivity index (χ2v) is 4.87. The van der Waals surface area contributed by atoms with Gasteiger partial charge in [-0.05, 0) is 20.8 Å². The fourth-order valence-corrected chi connectivity index (χ4v) is 1.67. The van der Waals surface area contributed by atoms with E-state index < -0.39 is 17.0 Å². The van der Waals surface area contributed by atoms with Gasteiger partial charge in [0.15, 0.2) is 0 Å². The SMILES string of the molecule is CC(C)(C)n1oc(=O)c(F)c1-c1ccccc1. The van der Waals surface area contributed by atoms with Crippen molar-refractivity contribution in [3.63, 3.8) is 0 Å². The number of hydrogen-bond donors (Lipinski definition) is 0. The van der Waals surface area contributed by atoms with Gasteiger partial charge in [0, 0.05) is 5.56 Å². The number of benzene rings is 1. The summed E-state index contributed by atoms with van der Waals surface area (Å²) in [6.07, 6.45) is 0. The van der Waals surface area contributed by atoms with E-state index in [1.807, 2.05) is 26.8 Å². The predicted molar refractivity (Wildman–Crippen MR) is 63.4 cm³/mol. The molecule has 0 saturated heterocycles. The highest BCUT2D eigenvalue weighted by molar-refractivity contribution is 5.59. The summed E-state index contributed by atoms with van der Waals surface area (Å²) in [4.78, 5) is 11.3. The summed E-state index contributed by atoms with van der Waals surface area (Å²) in [5, 5.41) is 0. The van der Waals surface area contributed by atoms with Gasteiger partial charge in [-0.15, -0.1) is 0 Å². The first-order valence-electron chi connectivity index (χ1n) is 5.39. The van der Waals surface area contributed by atoms with Crippen LogP contribution in [-0.2, 0) is 5.54 Å². The maximum atomic E-state index is 13.8. The van der Waals surface area contributed by atoms with Gasteiger partial charge < -0.3 is 4.52 Å². The fourth-order valence-electron chi connectivity index (χ4n) is 1.67. The third-order valence-corrected chi connectivity index (χ3v) is 2.42. The molecule has 0 bridgehead atoms. The van der Waals surface area contributed by atoms with Crippen molar-refractivity contribution in [1.29, 1.82) is 0 Å². The minimum atomic E-state index is -0.932. The minimum absolute atomic E-state index is 0.197. The molecule has 0 unspecified atom stereocenters. The zero-order chi connectivity index (χ0) is 12.6. The Morgan fingerprint density at radius 1 is 1.18 bits per heavy atom. The van der Waals surface area contributed by atoms with Crippen LogP contribution in [0.15, 0.2) is 39.6 Å². The van der Waals surface area contributed by atoms with Gasteiger partial charge in [0.25, 0.3) is 0 Å². The highest BCUT2D eigenvalue weighted by atomic mass is 19.1. The van der Waals surface area contributed by atoms with Crippen LogP contribution < -0.4 is 5.63 Å². The van der Waals surface area contributed by atoms with Crippen LogP contribution in [0.2, 0.25) is 0 Å². The lowest BCUT2D eigenvalue weighted by atomic mass is 10.1. The normalized spacial score (nSPS) is 11.8. The minimum Gasteiger partial charge on any atom is -0.332 e. The Hall–Kier alpha value is -1.84. The van der Waals surface area contributed by atoms with E-state index in [1.165, 1.54) is 4.74 Å². The van der Waals surface area contributed by atoms with Crippen molar-refractivity contribution in [3.8, 4) is 11.3 Å². The van der Waals surface area contributed by atoms with Crippen LogP contribution in [0, 0.1) is 5.82 Å². The topological polar surface area (TPSA) is 35.1 Å². The van der Waals surface area contributed by atoms with Crippen LogP contribution in [0.1, 0.15) is 20.8 Å². The van der Waals surface area contributed by atoms with Crippen LogP contribution in [0.4, 0.5) is 4.39 Å². The molecule has 2 rings (SSSR count). The lowest BCUT2D eigenvalue weighted by molar-refractivity contribution is 0.157. The standard InChI is InChI=1S/C13H14FNO2/c1-13(2,3)15-11(10(14)12(16)17-15)9-7-5-4-6-8-9/h4-8H,1-3H3. The first-order chi connectivity index (χ1) is 7.91. The first-order valence-corrected chi connectivity index (χ1v) is 5.39. The molecule has 1 heterocycles. The van der Waals surface area contributed by atoms with Crippen LogP contribution in [0.5, 0.6) is 0 Å². The van der Waals surface area contributed by atoms with E-state index in [4.69, 9.17) is 4.52 Å². The molecule has 1 aromatic carbocycles. The summed E-state index contributed by atoms with van der Waals surface area (Å²) < 4.78 is 20.1. The number of aromatic nitrogens is 1. The van der Waals surface area contributed by atoms with Crippen molar-refractivity contribution in [3.05, 3.63) is 46.6 Å². The number of halogens is 1. The molecule has 0 atom stereocenters. The highest BCUT2D eigenvalue weighted by Gasteiger charge is 2.26. The molecule has 0 N–H and O–H groups in total. The smallest absolute Gasteiger partial charge is 0.332 e. The molecule has 0 aliphatic heterocycles. The van der Waals surface area contributed by atoms with Gasteiger partial charge in [0.05, 0.1) is 5.54 Å². The molecule has 4 heteroatoms. The van der Waals surface area contributed by atoms with Gasteiger partial charge in [-0.2, -0.15) is 9.13 Å². The Kier molecular flexibility index (Phi) is 2.65. The van der Waals surface area contributed by atoms with Crippen molar-refractivity contribution < 1.29 is 8.91 Å². The van der Waals surface area contributed by atoms with Crippen molar-refractivity contribution in [2.45, 2.75) is 26.3 Å². The molecule has 0 aliphatic carbocycles. The highest BCUT2D eigenvalue weighted by Crippen LogP contribution is 2.27. The van der Waals surface area contributed by atoms with Crippen LogP contribution in [0.3, 0.4) is 0 Å². The quantitative estimate of drug-likeness (QED) is 0.761. The van der Waals surface area contributed by atoms with E-state index in [-0.39, 0.29) is 5.69 Å². The van der Waals surface area contributed by atoms with Gasteiger partial charge in [-0.25, -0.2) is 4.79 Å². The number of rotatable bonds is 1. The maximum absolute atomic E-state index is 13.8. The molecule has 3 nitrogen and oxygen atoms in total. The van der Waals surface area contributed by atoms with E-state index in [0.717, 1.165) is 0 Å². The van der Waals surface area contributed by atoms with Crippen LogP contribution in [0.25, 0.3) is 11.3 Å². The van der Waals surface area contributed by atoms with Gasteiger partial charge in [0.2, 0.25) is 5.82 Å². The van der Waals surface area contributed by atoms with Crippen LogP contribution in [-0.4, -0.2) is 4.74 Å². The van der Waals surface area contributed by atoms with Gasteiger partial charge in [-0.1, -0.05) is 30.3 Å². The van der Waals surface area contributed by atoms with Gasteiger partial charge in [-0.3, -0.25) is 0 Å². The second-order valence-electron chi connectivity index (χ2n) is 4.87. The molecule has 0 fully saturated rings. The Morgan fingerprint density at radius 2 is 1.76 bits per heavy atom. The molecule has 0 radical (unpaired) electrons. The summed E-state index contributed by atoms with van der Waals surface area (Å²) in [5.74, 6) is -0.842. The first kappa shape index (κ1) is 11.6. The summed E-state index contributed by atoms with van der Waals surface area (Å²) in [6, 6.07) is 8.91. The summed E-state index contributed by atoms with van der Waals surface area (Å²) in [5.41, 5.74) is -0.595. The van der Waals surface area contributed by atoms with Gasteiger partial charge in [0.1, 0.15) is 5.69 Å². The second kappa shape index (κ2) is 3.87. The molecule has 90 valence electrons. The number of nitrogens with zero attached hydrogens (tertiary/aromatic N) is 1. The van der Waals surface area contributed by atoms with Gasteiger partial charge >= 0.3 is 5.63 Å². The molecular weight excluding hydrogens is 221 g/mol. The summed E-state index contributed by atoms with van der Waals surface area (Å²) in [7, 11) is 0. The third-order valence-electron chi connectivity index (χ3n) is 2.42. The fraction of sp³-hybridized carbons (Fsp3) is 0.308. The largest absolute Gasteiger partial charge is 0.393 e. The molecule has 2 aromatic rings. The molecule has 17 heavy (non-hydrogen) atoms. The maximum Gasteiger partial charge on any atom is 0.393 e. The van der Waals surface area contributed by atoms with E-state index in [1.54, 1.807) is 24.3 Å². The molecule has 0 aliphatic rings. The Bertz CT molecular complexity index is 576. The molecule has 1 aromatic heterocycles. The zero-order valence-corrected chi connectivity index (χ0v) is 10.0. The lowest BCUT2D eigenvalue weighted by Crippen LogP contribution is -2.22. The Labute approximate surface area is 98.5 Å². The summed E-state index contributed by atoms with van der Waals surface area (Å²) >= 11 is 0. The van der Waals surface area contributed by atoms with E-state index in [2.05, 4.69) is 0 Å². The van der Waals surface area contributed by atoms with Crippen molar-refractivity contribution in [2.75, 3.05) is 0 Å². The van der Waals surface area contributed by atoms with Crippen molar-refractivity contribution in [1.82, 2.24) is 4.74 Å². The van der Waals surface area contributed by atoms with E-state index >= 15 is 0 Å².